The van der Waals surface area contributed by atoms with Crippen molar-refractivity contribution in [1.82, 2.24) is 0 Å². The lowest BCUT2D eigenvalue weighted by Gasteiger charge is -2.45. The average Bonchev–Trinajstić information content (AvgIpc) is 3.63. The lowest BCUT2D eigenvalue weighted by atomic mass is 9.58. The Labute approximate surface area is 297 Å². The first-order valence-corrected chi connectivity index (χ1v) is 19.3. The summed E-state index contributed by atoms with van der Waals surface area (Å²) >= 11 is 0. The summed E-state index contributed by atoms with van der Waals surface area (Å²) in [7, 11) is 0. The summed E-state index contributed by atoms with van der Waals surface area (Å²) in [5, 5.41) is 0. The number of hydrogen-bond donors (Lipinski definition) is 0. The molecule has 1 spiro atoms. The summed E-state index contributed by atoms with van der Waals surface area (Å²) in [6.07, 6.45) is 12.0. The van der Waals surface area contributed by atoms with Crippen molar-refractivity contribution in [3.63, 3.8) is 0 Å². The van der Waals surface area contributed by atoms with Gasteiger partial charge in [0, 0.05) is 17.3 Å². The van der Waals surface area contributed by atoms with Crippen molar-refractivity contribution >= 4 is 5.78 Å². The minimum absolute atomic E-state index is 0.198. The molecule has 1 nitrogen and oxygen atoms in total. The third-order valence-electron chi connectivity index (χ3n) is 13.5. The molecule has 8 rings (SSSR count). The smallest absolute Gasteiger partial charge is 0.139 e. The highest BCUT2D eigenvalue weighted by Gasteiger charge is 2.59. The fraction of sp³-hybridized carbons (Fsp3) is 0.479. The van der Waals surface area contributed by atoms with E-state index in [1.165, 1.54) is 83.0 Å². The quantitative estimate of drug-likeness (QED) is 0.215. The maximum atomic E-state index is 13.1. The summed E-state index contributed by atoms with van der Waals surface area (Å²) in [5.41, 5.74) is 21.2. The molecule has 0 bridgehead atoms. The fourth-order valence-electron chi connectivity index (χ4n) is 11.0. The Balaban J connectivity index is 0.000000154. The molecule has 49 heavy (non-hydrogen) atoms. The number of aryl methyl sites for hydroxylation is 8. The van der Waals surface area contributed by atoms with E-state index in [0.29, 0.717) is 11.2 Å². The van der Waals surface area contributed by atoms with Crippen LogP contribution in [0.25, 0.3) is 0 Å². The number of fused-ring (bicyclic) bond motifs is 2. The van der Waals surface area contributed by atoms with Crippen LogP contribution in [0.2, 0.25) is 0 Å². The largest absolute Gasteiger partial charge is 0.299 e. The van der Waals surface area contributed by atoms with E-state index in [2.05, 4.69) is 116 Å². The van der Waals surface area contributed by atoms with Crippen LogP contribution in [0.15, 0.2) is 60.7 Å². The molecule has 256 valence electrons. The minimum Gasteiger partial charge on any atom is -0.299 e. The van der Waals surface area contributed by atoms with E-state index in [-0.39, 0.29) is 11.8 Å². The zero-order valence-electron chi connectivity index (χ0n) is 31.6. The number of carbonyl (C=O) groups is 1. The van der Waals surface area contributed by atoms with Gasteiger partial charge < -0.3 is 0 Å². The Kier molecular flexibility index (Phi) is 9.27. The van der Waals surface area contributed by atoms with Crippen molar-refractivity contribution in [2.45, 2.75) is 125 Å². The molecule has 0 heterocycles. The van der Waals surface area contributed by atoms with E-state index < -0.39 is 0 Å². The van der Waals surface area contributed by atoms with Crippen molar-refractivity contribution < 1.29 is 4.79 Å². The molecule has 0 aromatic heterocycles. The third-order valence-corrected chi connectivity index (χ3v) is 13.5. The van der Waals surface area contributed by atoms with Crippen molar-refractivity contribution in [3.05, 3.63) is 139 Å². The van der Waals surface area contributed by atoms with Crippen molar-refractivity contribution in [3.8, 4) is 0 Å². The summed E-state index contributed by atoms with van der Waals surface area (Å²) in [5.74, 6) is 2.54. The molecule has 0 saturated heterocycles. The Bertz CT molecular complexity index is 1770. The normalized spacial score (nSPS) is 25.2. The van der Waals surface area contributed by atoms with E-state index in [1.54, 1.807) is 33.4 Å². The van der Waals surface area contributed by atoms with Crippen LogP contribution in [0.5, 0.6) is 0 Å². The predicted octanol–water partition coefficient (Wildman–Crippen LogP) is 11.4. The molecule has 4 aliphatic carbocycles. The summed E-state index contributed by atoms with van der Waals surface area (Å²) in [6.45, 7) is 18.0. The molecule has 0 aliphatic heterocycles. The zero-order chi connectivity index (χ0) is 34.6. The summed E-state index contributed by atoms with van der Waals surface area (Å²) < 4.78 is 0. The number of Topliss-reactive ketones (excluding diaryl/α,β-unsaturated/α-hetero) is 1. The van der Waals surface area contributed by atoms with E-state index in [4.69, 9.17) is 0 Å². The van der Waals surface area contributed by atoms with Crippen LogP contribution in [0.1, 0.15) is 116 Å². The van der Waals surface area contributed by atoms with Gasteiger partial charge in [-0.3, -0.25) is 4.79 Å². The van der Waals surface area contributed by atoms with Crippen LogP contribution in [-0.4, -0.2) is 5.78 Å². The number of benzene rings is 4. The molecule has 0 amide bonds. The van der Waals surface area contributed by atoms with E-state index in [0.717, 1.165) is 37.5 Å². The Morgan fingerprint density at radius 2 is 0.898 bits per heavy atom. The minimum atomic E-state index is 0.198. The van der Waals surface area contributed by atoms with Gasteiger partial charge in [0.1, 0.15) is 5.78 Å². The molecular formula is C48H58O. The van der Waals surface area contributed by atoms with E-state index in [9.17, 15) is 4.79 Å². The lowest BCUT2D eigenvalue weighted by Crippen LogP contribution is -2.41. The second kappa shape index (κ2) is 13.4. The Morgan fingerprint density at radius 1 is 0.510 bits per heavy atom. The van der Waals surface area contributed by atoms with Gasteiger partial charge in [-0.1, -0.05) is 84.6 Å². The fourth-order valence-corrected chi connectivity index (χ4v) is 11.0. The number of carbonyl (C=O) groups excluding carboxylic acids is 1. The maximum absolute atomic E-state index is 13.1. The van der Waals surface area contributed by atoms with Crippen molar-refractivity contribution in [1.29, 1.82) is 0 Å². The van der Waals surface area contributed by atoms with Gasteiger partial charge in [0.15, 0.2) is 0 Å². The highest BCUT2D eigenvalue weighted by Crippen LogP contribution is 2.64. The maximum Gasteiger partial charge on any atom is 0.139 e. The first kappa shape index (κ1) is 34.0. The number of rotatable bonds is 4. The molecule has 2 fully saturated rings. The summed E-state index contributed by atoms with van der Waals surface area (Å²) in [4.78, 5) is 13.1. The molecule has 0 unspecified atom stereocenters. The van der Waals surface area contributed by atoms with E-state index in [1.807, 2.05) is 0 Å². The third kappa shape index (κ3) is 5.94. The van der Waals surface area contributed by atoms with E-state index >= 15 is 0 Å². The predicted molar refractivity (Wildman–Crippen MR) is 206 cm³/mol. The van der Waals surface area contributed by atoms with Gasteiger partial charge in [-0.15, -0.1) is 0 Å². The van der Waals surface area contributed by atoms with Crippen LogP contribution in [0.3, 0.4) is 0 Å². The van der Waals surface area contributed by atoms with Gasteiger partial charge in [0.2, 0.25) is 0 Å². The molecule has 0 N–H and O–H groups in total. The summed E-state index contributed by atoms with van der Waals surface area (Å²) in [6, 6.07) is 22.7. The van der Waals surface area contributed by atoms with Crippen LogP contribution in [0, 0.1) is 79.1 Å². The number of ketones is 1. The molecule has 1 heteroatoms. The first-order chi connectivity index (χ1) is 23.5. The molecule has 4 aliphatic rings. The monoisotopic (exact) mass is 650 g/mol. The highest BCUT2D eigenvalue weighted by molar-refractivity contribution is 5.84. The van der Waals surface area contributed by atoms with Crippen LogP contribution in [-0.2, 0) is 35.9 Å². The molecule has 4 aromatic carbocycles. The zero-order valence-corrected chi connectivity index (χ0v) is 31.6. The van der Waals surface area contributed by atoms with Crippen LogP contribution >= 0.6 is 0 Å². The SMILES string of the molecule is Cc1ccc(C)c(C[C@@H]2CCC[C@@H](Cc3cc(C)ccc3C)C2=O)c1.Cc1ccc(C)c2c1C[C@@H]1CCC[C@H]3Cc4c(C)ccc(C)c4C213. The van der Waals surface area contributed by atoms with Crippen molar-refractivity contribution in [2.75, 3.05) is 0 Å². The second-order valence-corrected chi connectivity index (χ2v) is 16.7. The van der Waals surface area contributed by atoms with Gasteiger partial charge in [0.05, 0.1) is 0 Å². The van der Waals surface area contributed by atoms with Crippen LogP contribution < -0.4 is 0 Å². The van der Waals surface area contributed by atoms with Crippen LogP contribution in [0.4, 0.5) is 0 Å². The van der Waals surface area contributed by atoms with Gasteiger partial charge in [-0.2, -0.15) is 0 Å². The highest BCUT2D eigenvalue weighted by atomic mass is 16.1. The van der Waals surface area contributed by atoms with Crippen molar-refractivity contribution in [2.24, 2.45) is 23.7 Å². The van der Waals surface area contributed by atoms with Gasteiger partial charge in [-0.05, 0) is 185 Å². The molecular weight excluding hydrogens is 593 g/mol. The van der Waals surface area contributed by atoms with Gasteiger partial charge in [-0.25, -0.2) is 0 Å². The lowest BCUT2D eigenvalue weighted by molar-refractivity contribution is -0.129. The molecule has 4 atom stereocenters. The molecule has 0 radical (unpaired) electrons. The van der Waals surface area contributed by atoms with Gasteiger partial charge >= 0.3 is 0 Å². The first-order valence-electron chi connectivity index (χ1n) is 19.3. The standard InChI is InChI=1S/C24H30O.C24H28/c1-16-8-10-18(3)22(12-16)14-20-6-5-7-21(24(20)25)15-23-13-17(2)9-11-19(23)4;1-14-8-10-16(3)22-20(14)12-18-6-5-7-19-13-21-15(2)9-11-17(4)23(21)24(18,19)22/h8-13,20-21H,5-7,14-15H2,1-4H3;8-11,18-19H,5-7,12-13H2,1-4H3/t20-,21-;18-,19-,24?/m00/s1. The molecule has 4 aromatic rings. The number of hydrogen-bond acceptors (Lipinski definition) is 1. The Hall–Kier alpha value is -3.45. The average molecular weight is 651 g/mol. The molecule has 2 saturated carbocycles. The topological polar surface area (TPSA) is 17.1 Å². The Morgan fingerprint density at radius 3 is 1.35 bits per heavy atom. The van der Waals surface area contributed by atoms with Gasteiger partial charge in [0.25, 0.3) is 0 Å². The second-order valence-electron chi connectivity index (χ2n) is 16.7.